The Hall–Kier alpha value is -1.48. The van der Waals surface area contributed by atoms with Gasteiger partial charge in [-0.2, -0.15) is 5.26 Å². The molecule has 3 N–H and O–H groups in total. The van der Waals surface area contributed by atoms with Gasteiger partial charge in [0, 0.05) is 5.02 Å². The Morgan fingerprint density at radius 3 is 2.84 bits per heavy atom. The van der Waals surface area contributed by atoms with Crippen molar-refractivity contribution in [3.63, 3.8) is 0 Å². The molecule has 0 saturated carbocycles. The smallest absolute Gasteiger partial charge is 0.258 e. The number of carbonyl (C=O) groups is 1. The van der Waals surface area contributed by atoms with Gasteiger partial charge < -0.3 is 15.8 Å². The quantitative estimate of drug-likeness (QED) is 0.780. The van der Waals surface area contributed by atoms with Crippen molar-refractivity contribution in [1.82, 2.24) is 5.32 Å². The first-order chi connectivity index (χ1) is 9.08. The van der Waals surface area contributed by atoms with Gasteiger partial charge in [0.05, 0.1) is 11.1 Å². The van der Waals surface area contributed by atoms with E-state index < -0.39 is 5.91 Å². The highest BCUT2D eigenvalue weighted by molar-refractivity contribution is 6.35. The Labute approximate surface area is 121 Å². The summed E-state index contributed by atoms with van der Waals surface area (Å²) in [7, 11) is 0. The number of amides is 1. The van der Waals surface area contributed by atoms with Crippen LogP contribution in [0.5, 0.6) is 5.75 Å². The summed E-state index contributed by atoms with van der Waals surface area (Å²) >= 11 is 11.9. The van der Waals surface area contributed by atoms with Crippen LogP contribution in [-0.2, 0) is 11.2 Å². The molecule has 0 aliphatic carbocycles. The highest BCUT2D eigenvalue weighted by Crippen LogP contribution is 2.32. The molecule has 7 heteroatoms. The predicted octanol–water partition coefficient (Wildman–Crippen LogP) is 1.51. The SMILES string of the molecule is N#CCNC(=O)COc1c(Cl)cc(Cl)cc1CCN. The minimum Gasteiger partial charge on any atom is -0.482 e. The van der Waals surface area contributed by atoms with Gasteiger partial charge in [-0.25, -0.2) is 0 Å². The van der Waals surface area contributed by atoms with Gasteiger partial charge in [-0.3, -0.25) is 4.79 Å². The van der Waals surface area contributed by atoms with Crippen molar-refractivity contribution < 1.29 is 9.53 Å². The standard InChI is InChI=1S/C12H13Cl2N3O2/c13-9-5-8(1-2-15)12(10(14)6-9)19-7-11(18)17-4-3-16/h5-6H,1-2,4,7,15H2,(H,17,18). The van der Waals surface area contributed by atoms with Crippen molar-refractivity contribution in [3.05, 3.63) is 27.7 Å². The lowest BCUT2D eigenvalue weighted by Crippen LogP contribution is -2.29. The van der Waals surface area contributed by atoms with Crippen molar-refractivity contribution in [2.24, 2.45) is 5.73 Å². The Balaban J connectivity index is 2.76. The van der Waals surface area contributed by atoms with Crippen LogP contribution in [0, 0.1) is 11.3 Å². The number of halogens is 2. The minimum absolute atomic E-state index is 0.0633. The number of nitrogens with one attached hydrogen (secondary N) is 1. The number of hydrogen-bond acceptors (Lipinski definition) is 4. The molecule has 0 fully saturated rings. The van der Waals surface area contributed by atoms with Gasteiger partial charge in [0.2, 0.25) is 0 Å². The molecular weight excluding hydrogens is 289 g/mol. The summed E-state index contributed by atoms with van der Waals surface area (Å²) in [6.45, 7) is 0.125. The largest absolute Gasteiger partial charge is 0.482 e. The van der Waals surface area contributed by atoms with E-state index in [-0.39, 0.29) is 13.2 Å². The van der Waals surface area contributed by atoms with E-state index in [0.29, 0.717) is 28.8 Å². The van der Waals surface area contributed by atoms with Crippen LogP contribution in [0.15, 0.2) is 12.1 Å². The van der Waals surface area contributed by atoms with E-state index in [2.05, 4.69) is 5.32 Å². The Morgan fingerprint density at radius 2 is 2.21 bits per heavy atom. The second-order valence-electron chi connectivity index (χ2n) is 3.64. The Bertz CT molecular complexity index is 500. The van der Waals surface area contributed by atoms with E-state index in [1.165, 1.54) is 6.07 Å². The third kappa shape index (κ3) is 4.95. The van der Waals surface area contributed by atoms with Gasteiger partial charge in [-0.1, -0.05) is 23.2 Å². The summed E-state index contributed by atoms with van der Waals surface area (Å²) < 4.78 is 5.37. The second-order valence-corrected chi connectivity index (χ2v) is 4.48. The number of benzene rings is 1. The number of carbonyl (C=O) groups excluding carboxylic acids is 1. The van der Waals surface area contributed by atoms with E-state index in [1.54, 1.807) is 12.1 Å². The molecule has 0 heterocycles. The van der Waals surface area contributed by atoms with Gasteiger partial charge in [0.1, 0.15) is 12.3 Å². The molecule has 5 nitrogen and oxygen atoms in total. The lowest BCUT2D eigenvalue weighted by Gasteiger charge is -2.13. The van der Waals surface area contributed by atoms with Gasteiger partial charge in [0.25, 0.3) is 5.91 Å². The van der Waals surface area contributed by atoms with Crippen LogP contribution in [0.2, 0.25) is 10.0 Å². The summed E-state index contributed by atoms with van der Waals surface area (Å²) in [5, 5.41) is 11.5. The zero-order valence-electron chi connectivity index (χ0n) is 10.1. The van der Waals surface area contributed by atoms with Crippen LogP contribution in [0.4, 0.5) is 0 Å². The number of ether oxygens (including phenoxy) is 1. The Kier molecular flexibility index (Phi) is 6.43. The van der Waals surface area contributed by atoms with Gasteiger partial charge >= 0.3 is 0 Å². The average Bonchev–Trinajstić information content (AvgIpc) is 2.35. The topological polar surface area (TPSA) is 88.1 Å². The number of rotatable bonds is 6. The molecule has 0 bridgehead atoms. The van der Waals surface area contributed by atoms with E-state index in [1.807, 2.05) is 0 Å². The monoisotopic (exact) mass is 301 g/mol. The first kappa shape index (κ1) is 15.6. The third-order valence-corrected chi connectivity index (χ3v) is 2.71. The van der Waals surface area contributed by atoms with Crippen LogP contribution < -0.4 is 15.8 Å². The first-order valence-corrected chi connectivity index (χ1v) is 6.28. The third-order valence-electron chi connectivity index (χ3n) is 2.21. The Morgan fingerprint density at radius 1 is 1.47 bits per heavy atom. The fourth-order valence-electron chi connectivity index (χ4n) is 1.44. The van der Waals surface area contributed by atoms with Crippen molar-refractivity contribution >= 4 is 29.1 Å². The molecule has 1 rings (SSSR count). The van der Waals surface area contributed by atoms with E-state index in [4.69, 9.17) is 38.9 Å². The normalized spacial score (nSPS) is 9.79. The van der Waals surface area contributed by atoms with Crippen LogP contribution in [0.25, 0.3) is 0 Å². The molecule has 0 unspecified atom stereocenters. The maximum absolute atomic E-state index is 11.3. The molecule has 1 aromatic carbocycles. The fourth-order valence-corrected chi connectivity index (χ4v) is 2.03. The van der Waals surface area contributed by atoms with Crippen LogP contribution >= 0.6 is 23.2 Å². The maximum Gasteiger partial charge on any atom is 0.258 e. The molecular formula is C12H13Cl2N3O2. The highest BCUT2D eigenvalue weighted by atomic mass is 35.5. The molecule has 0 saturated heterocycles. The molecule has 1 amide bonds. The molecule has 0 aromatic heterocycles. The number of nitrogens with zero attached hydrogens (tertiary/aromatic N) is 1. The zero-order valence-corrected chi connectivity index (χ0v) is 11.6. The van der Waals surface area contributed by atoms with Crippen LogP contribution in [0.1, 0.15) is 5.56 Å². The van der Waals surface area contributed by atoms with E-state index in [9.17, 15) is 4.79 Å². The molecule has 1 aromatic rings. The molecule has 0 radical (unpaired) electrons. The van der Waals surface area contributed by atoms with E-state index in [0.717, 1.165) is 5.56 Å². The maximum atomic E-state index is 11.3. The van der Waals surface area contributed by atoms with E-state index >= 15 is 0 Å². The van der Waals surface area contributed by atoms with Crippen molar-refractivity contribution in [1.29, 1.82) is 5.26 Å². The van der Waals surface area contributed by atoms with Gasteiger partial charge in [-0.15, -0.1) is 0 Å². The van der Waals surface area contributed by atoms with Gasteiger partial charge in [-0.05, 0) is 30.7 Å². The highest BCUT2D eigenvalue weighted by Gasteiger charge is 2.12. The summed E-state index contributed by atoms with van der Waals surface area (Å²) in [6, 6.07) is 5.03. The zero-order chi connectivity index (χ0) is 14.3. The summed E-state index contributed by atoms with van der Waals surface area (Å²) in [6.07, 6.45) is 0.537. The molecule has 19 heavy (non-hydrogen) atoms. The van der Waals surface area contributed by atoms with Crippen molar-refractivity contribution in [3.8, 4) is 11.8 Å². The van der Waals surface area contributed by atoms with Gasteiger partial charge in [0.15, 0.2) is 6.61 Å². The van der Waals surface area contributed by atoms with Crippen molar-refractivity contribution in [2.45, 2.75) is 6.42 Å². The molecule has 102 valence electrons. The molecule has 0 aliphatic heterocycles. The molecule has 0 aliphatic rings. The molecule has 0 spiro atoms. The summed E-state index contributed by atoms with van der Waals surface area (Å²) in [5.74, 6) is -0.00473. The predicted molar refractivity (Wildman–Crippen MR) is 73.3 cm³/mol. The first-order valence-electron chi connectivity index (χ1n) is 5.53. The van der Waals surface area contributed by atoms with Crippen molar-refractivity contribution in [2.75, 3.05) is 19.7 Å². The molecule has 0 atom stereocenters. The fraction of sp³-hybridized carbons (Fsp3) is 0.333. The lowest BCUT2D eigenvalue weighted by molar-refractivity contribution is -0.122. The summed E-state index contributed by atoms with van der Waals surface area (Å²) in [5.41, 5.74) is 6.24. The number of hydrogen-bond donors (Lipinski definition) is 2. The summed E-state index contributed by atoms with van der Waals surface area (Å²) in [4.78, 5) is 11.3. The van der Waals surface area contributed by atoms with Crippen LogP contribution in [-0.4, -0.2) is 25.6 Å². The lowest BCUT2D eigenvalue weighted by atomic mass is 10.1. The number of nitrogens with two attached hydrogens (primary N) is 1. The van der Waals surface area contributed by atoms with Crippen LogP contribution in [0.3, 0.4) is 0 Å². The average molecular weight is 302 g/mol. The minimum atomic E-state index is -0.397. The number of nitriles is 1. The second kappa shape index (κ2) is 7.85.